The Hall–Kier alpha value is -3.49. The van der Waals surface area contributed by atoms with E-state index in [4.69, 9.17) is 0 Å². The minimum Gasteiger partial charge on any atom is -0.298 e. The lowest BCUT2D eigenvalue weighted by molar-refractivity contribution is 0.102. The maximum absolute atomic E-state index is 12.6. The summed E-state index contributed by atoms with van der Waals surface area (Å²) in [4.78, 5) is 17.3. The molecule has 0 aliphatic rings. The minimum absolute atomic E-state index is 0.171. The van der Waals surface area contributed by atoms with Crippen LogP contribution >= 0.6 is 11.3 Å². The molecule has 0 aliphatic heterocycles. The Balaban J connectivity index is 1.44. The maximum Gasteiger partial charge on any atom is 0.261 e. The van der Waals surface area contributed by atoms with E-state index in [0.29, 0.717) is 16.4 Å². The third-order valence-electron chi connectivity index (χ3n) is 4.84. The second-order valence-corrected chi connectivity index (χ2v) is 9.85. The number of sulfonamides is 1. The molecule has 0 spiro atoms. The van der Waals surface area contributed by atoms with Gasteiger partial charge in [0.2, 0.25) is 0 Å². The highest BCUT2D eigenvalue weighted by Gasteiger charge is 2.15. The highest BCUT2D eigenvalue weighted by atomic mass is 32.2. The topological polar surface area (TPSA) is 88.2 Å². The van der Waals surface area contributed by atoms with Gasteiger partial charge in [-0.1, -0.05) is 42.0 Å². The predicted molar refractivity (Wildman–Crippen MR) is 129 cm³/mol. The standard InChI is InChI=1S/C24H21N3O3S2/c1-16-8-13-21(17(2)14-16)22-15-31-24(25-22)26-23(28)18-9-11-19(12-10-18)27-32(29,30)20-6-4-3-5-7-20/h3-15,27H,1-2H3,(H,25,26,28). The van der Waals surface area contributed by atoms with Gasteiger partial charge in [0, 0.05) is 22.2 Å². The number of benzene rings is 3. The van der Waals surface area contributed by atoms with Gasteiger partial charge in [0.1, 0.15) is 0 Å². The molecule has 0 bridgehead atoms. The second kappa shape index (κ2) is 8.94. The quantitative estimate of drug-likeness (QED) is 0.396. The van der Waals surface area contributed by atoms with E-state index in [-0.39, 0.29) is 10.8 Å². The lowest BCUT2D eigenvalue weighted by Crippen LogP contribution is -2.14. The number of carbonyl (C=O) groups is 1. The highest BCUT2D eigenvalue weighted by molar-refractivity contribution is 7.92. The molecular formula is C24H21N3O3S2. The number of hydrogen-bond donors (Lipinski definition) is 2. The first kappa shape index (κ1) is 21.7. The summed E-state index contributed by atoms with van der Waals surface area (Å²) in [6.07, 6.45) is 0. The van der Waals surface area contributed by atoms with Crippen LogP contribution in [0.25, 0.3) is 11.3 Å². The number of aryl methyl sites for hydroxylation is 2. The van der Waals surface area contributed by atoms with Crippen LogP contribution in [-0.4, -0.2) is 19.3 Å². The van der Waals surface area contributed by atoms with Gasteiger partial charge >= 0.3 is 0 Å². The summed E-state index contributed by atoms with van der Waals surface area (Å²) in [6.45, 7) is 4.08. The summed E-state index contributed by atoms with van der Waals surface area (Å²) in [5.41, 5.74) is 4.93. The van der Waals surface area contributed by atoms with E-state index in [1.165, 1.54) is 29.0 Å². The monoisotopic (exact) mass is 463 g/mol. The van der Waals surface area contributed by atoms with Crippen molar-refractivity contribution in [1.82, 2.24) is 4.98 Å². The van der Waals surface area contributed by atoms with Crippen LogP contribution in [0.4, 0.5) is 10.8 Å². The van der Waals surface area contributed by atoms with Crippen LogP contribution in [0, 0.1) is 13.8 Å². The zero-order chi connectivity index (χ0) is 22.7. The number of nitrogens with zero attached hydrogens (tertiary/aromatic N) is 1. The predicted octanol–water partition coefficient (Wildman–Crippen LogP) is 5.48. The number of anilines is 2. The fourth-order valence-electron chi connectivity index (χ4n) is 3.23. The molecule has 1 aromatic heterocycles. The van der Waals surface area contributed by atoms with Crippen LogP contribution in [0.2, 0.25) is 0 Å². The summed E-state index contributed by atoms with van der Waals surface area (Å²) in [5, 5.41) is 5.21. The number of amides is 1. The van der Waals surface area contributed by atoms with Gasteiger partial charge in [-0.25, -0.2) is 13.4 Å². The molecule has 162 valence electrons. The Morgan fingerprint density at radius 3 is 2.34 bits per heavy atom. The van der Waals surface area contributed by atoms with Gasteiger partial charge in [-0.05, 0) is 55.8 Å². The summed E-state index contributed by atoms with van der Waals surface area (Å²) >= 11 is 1.35. The van der Waals surface area contributed by atoms with Crippen molar-refractivity contribution in [1.29, 1.82) is 0 Å². The number of aromatic nitrogens is 1. The first-order chi connectivity index (χ1) is 15.3. The van der Waals surface area contributed by atoms with Gasteiger partial charge in [-0.15, -0.1) is 11.3 Å². The van der Waals surface area contributed by atoms with Crippen molar-refractivity contribution in [3.63, 3.8) is 0 Å². The van der Waals surface area contributed by atoms with Gasteiger partial charge < -0.3 is 0 Å². The van der Waals surface area contributed by atoms with Crippen LogP contribution in [-0.2, 0) is 10.0 Å². The molecule has 1 heterocycles. The second-order valence-electron chi connectivity index (χ2n) is 7.31. The number of rotatable bonds is 6. The zero-order valence-corrected chi connectivity index (χ0v) is 19.1. The van der Waals surface area contributed by atoms with E-state index >= 15 is 0 Å². The van der Waals surface area contributed by atoms with Gasteiger partial charge in [0.15, 0.2) is 5.13 Å². The van der Waals surface area contributed by atoms with Crippen LogP contribution in [0.3, 0.4) is 0 Å². The fraction of sp³-hybridized carbons (Fsp3) is 0.0833. The molecule has 8 heteroatoms. The van der Waals surface area contributed by atoms with Gasteiger partial charge in [-0.3, -0.25) is 14.8 Å². The molecule has 32 heavy (non-hydrogen) atoms. The molecule has 0 fully saturated rings. The Morgan fingerprint density at radius 1 is 0.938 bits per heavy atom. The first-order valence-electron chi connectivity index (χ1n) is 9.84. The van der Waals surface area contributed by atoms with E-state index in [1.54, 1.807) is 42.5 Å². The van der Waals surface area contributed by atoms with Crippen molar-refractivity contribution in [2.45, 2.75) is 18.7 Å². The van der Waals surface area contributed by atoms with Crippen molar-refractivity contribution < 1.29 is 13.2 Å². The molecule has 4 rings (SSSR count). The Morgan fingerprint density at radius 2 is 1.66 bits per heavy atom. The molecule has 0 saturated carbocycles. The molecule has 1 amide bonds. The van der Waals surface area contributed by atoms with Gasteiger partial charge in [0.05, 0.1) is 10.6 Å². The number of carbonyl (C=O) groups excluding carboxylic acids is 1. The molecule has 0 radical (unpaired) electrons. The lowest BCUT2D eigenvalue weighted by Gasteiger charge is -2.09. The van der Waals surface area contributed by atoms with Gasteiger partial charge in [0.25, 0.3) is 15.9 Å². The maximum atomic E-state index is 12.6. The molecule has 2 N–H and O–H groups in total. The highest BCUT2D eigenvalue weighted by Crippen LogP contribution is 2.28. The van der Waals surface area contributed by atoms with Crippen LogP contribution in [0.1, 0.15) is 21.5 Å². The first-order valence-corrected chi connectivity index (χ1v) is 12.2. The fourth-order valence-corrected chi connectivity index (χ4v) is 5.01. The number of nitrogens with one attached hydrogen (secondary N) is 2. The summed E-state index contributed by atoms with van der Waals surface area (Å²) in [5.74, 6) is -0.316. The molecule has 0 saturated heterocycles. The average molecular weight is 464 g/mol. The summed E-state index contributed by atoms with van der Waals surface area (Å²) < 4.78 is 27.4. The number of hydrogen-bond acceptors (Lipinski definition) is 5. The Kier molecular flexibility index (Phi) is 6.07. The number of thiazole rings is 1. The summed E-state index contributed by atoms with van der Waals surface area (Å²) in [6, 6.07) is 20.5. The van der Waals surface area contributed by atoms with Crippen LogP contribution < -0.4 is 10.0 Å². The smallest absolute Gasteiger partial charge is 0.261 e. The Bertz CT molecular complexity index is 1360. The lowest BCUT2D eigenvalue weighted by atomic mass is 10.0. The molecular weight excluding hydrogens is 442 g/mol. The van der Waals surface area contributed by atoms with Gasteiger partial charge in [-0.2, -0.15) is 0 Å². The third kappa shape index (κ3) is 4.87. The van der Waals surface area contributed by atoms with E-state index in [0.717, 1.165) is 16.8 Å². The van der Waals surface area contributed by atoms with Crippen molar-refractivity contribution in [2.75, 3.05) is 10.0 Å². The van der Waals surface area contributed by atoms with E-state index < -0.39 is 10.0 Å². The Labute approximate surface area is 191 Å². The average Bonchev–Trinajstić information content (AvgIpc) is 3.22. The third-order valence-corrected chi connectivity index (χ3v) is 6.99. The normalized spacial score (nSPS) is 11.2. The largest absolute Gasteiger partial charge is 0.298 e. The molecule has 0 aliphatic carbocycles. The summed E-state index contributed by atoms with van der Waals surface area (Å²) in [7, 11) is -3.68. The van der Waals surface area contributed by atoms with Crippen LogP contribution in [0.15, 0.2) is 83.1 Å². The van der Waals surface area contributed by atoms with Crippen molar-refractivity contribution in [3.8, 4) is 11.3 Å². The van der Waals surface area contributed by atoms with E-state index in [9.17, 15) is 13.2 Å². The van der Waals surface area contributed by atoms with Crippen LogP contribution in [0.5, 0.6) is 0 Å². The molecule has 4 aromatic rings. The van der Waals surface area contributed by atoms with Crippen molar-refractivity contribution >= 4 is 38.1 Å². The molecule has 0 atom stereocenters. The van der Waals surface area contributed by atoms with Crippen molar-refractivity contribution in [3.05, 3.63) is 94.9 Å². The molecule has 3 aromatic carbocycles. The van der Waals surface area contributed by atoms with E-state index in [2.05, 4.69) is 21.1 Å². The van der Waals surface area contributed by atoms with E-state index in [1.807, 2.05) is 31.4 Å². The molecule has 0 unspecified atom stereocenters. The van der Waals surface area contributed by atoms with Crippen molar-refractivity contribution in [2.24, 2.45) is 0 Å². The minimum atomic E-state index is -3.68. The molecule has 6 nitrogen and oxygen atoms in total. The SMILES string of the molecule is Cc1ccc(-c2csc(NC(=O)c3ccc(NS(=O)(=O)c4ccccc4)cc3)n2)c(C)c1. The zero-order valence-electron chi connectivity index (χ0n) is 17.5.